The summed E-state index contributed by atoms with van der Waals surface area (Å²) in [5, 5.41) is 0. The van der Waals surface area contributed by atoms with Crippen LogP contribution in [0.2, 0.25) is 0 Å². The Bertz CT molecular complexity index is 787. The second-order valence-electron chi connectivity index (χ2n) is 10.6. The van der Waals surface area contributed by atoms with Gasteiger partial charge in [-0.15, -0.1) is 0 Å². The summed E-state index contributed by atoms with van der Waals surface area (Å²) in [5.74, 6) is 2.81. The van der Waals surface area contributed by atoms with Crippen molar-refractivity contribution in [1.29, 1.82) is 0 Å². The van der Waals surface area contributed by atoms with E-state index in [1.807, 2.05) is 12.4 Å². The number of aryl methyl sites for hydroxylation is 3. The first kappa shape index (κ1) is 25.9. The molecule has 1 aromatic heterocycles. The summed E-state index contributed by atoms with van der Waals surface area (Å²) in [7, 11) is 0. The molecule has 3 rings (SSSR count). The van der Waals surface area contributed by atoms with Gasteiger partial charge in [-0.05, 0) is 54.7 Å². The average molecular weight is 449 g/mol. The molecule has 33 heavy (non-hydrogen) atoms. The van der Waals surface area contributed by atoms with Crippen LogP contribution in [0.25, 0.3) is 11.4 Å². The van der Waals surface area contributed by atoms with Crippen molar-refractivity contribution in [2.45, 2.75) is 124 Å². The standard InChI is InChI=1S/C31H48N2/c1-4-6-7-8-9-10-11-13-26-14-16-27(17-15-26)18-19-28-20-21-30(25(3)22-28)31-32-23-29(12-5-2)24-33-31/h20-24,26-27H,4-19H2,1-3H3/t26-,27-. The molecule has 2 nitrogen and oxygen atoms in total. The maximum absolute atomic E-state index is 4.62. The molecule has 0 amide bonds. The quantitative estimate of drug-likeness (QED) is 0.269. The highest BCUT2D eigenvalue weighted by molar-refractivity contribution is 5.60. The first-order valence-corrected chi connectivity index (χ1v) is 14.1. The largest absolute Gasteiger partial charge is 0.236 e. The number of nitrogens with zero attached hydrogens (tertiary/aromatic N) is 2. The van der Waals surface area contributed by atoms with Crippen LogP contribution in [0.1, 0.15) is 120 Å². The second-order valence-corrected chi connectivity index (χ2v) is 10.6. The summed E-state index contributed by atoms with van der Waals surface area (Å²) < 4.78 is 0. The van der Waals surface area contributed by atoms with Crippen LogP contribution in [0.4, 0.5) is 0 Å². The molecule has 1 fully saturated rings. The van der Waals surface area contributed by atoms with Crippen LogP contribution in [-0.2, 0) is 12.8 Å². The zero-order valence-electron chi connectivity index (χ0n) is 21.7. The smallest absolute Gasteiger partial charge is 0.159 e. The molecule has 1 aliphatic carbocycles. The van der Waals surface area contributed by atoms with Crippen LogP contribution in [0.15, 0.2) is 30.6 Å². The van der Waals surface area contributed by atoms with E-state index in [0.29, 0.717) is 0 Å². The molecule has 1 saturated carbocycles. The maximum atomic E-state index is 4.62. The van der Waals surface area contributed by atoms with Gasteiger partial charge in [-0.2, -0.15) is 0 Å². The van der Waals surface area contributed by atoms with Crippen molar-refractivity contribution >= 4 is 0 Å². The first-order chi connectivity index (χ1) is 16.2. The Hall–Kier alpha value is -1.70. The Kier molecular flexibility index (Phi) is 11.4. The van der Waals surface area contributed by atoms with E-state index < -0.39 is 0 Å². The zero-order chi connectivity index (χ0) is 23.3. The fraction of sp³-hybridized carbons (Fsp3) is 0.677. The van der Waals surface area contributed by atoms with E-state index in [1.165, 1.54) is 112 Å². The summed E-state index contributed by atoms with van der Waals surface area (Å²) in [5.41, 5.74) is 5.18. The van der Waals surface area contributed by atoms with Crippen molar-refractivity contribution < 1.29 is 0 Å². The van der Waals surface area contributed by atoms with Crippen molar-refractivity contribution in [3.63, 3.8) is 0 Å². The van der Waals surface area contributed by atoms with Crippen molar-refractivity contribution in [2.75, 3.05) is 0 Å². The lowest BCUT2D eigenvalue weighted by atomic mass is 9.77. The molecule has 0 N–H and O–H groups in total. The van der Waals surface area contributed by atoms with E-state index in [9.17, 15) is 0 Å². The van der Waals surface area contributed by atoms with E-state index in [0.717, 1.165) is 30.5 Å². The van der Waals surface area contributed by atoms with E-state index in [4.69, 9.17) is 0 Å². The van der Waals surface area contributed by atoms with Crippen LogP contribution in [0, 0.1) is 18.8 Å². The lowest BCUT2D eigenvalue weighted by molar-refractivity contribution is 0.248. The van der Waals surface area contributed by atoms with Crippen molar-refractivity contribution in [3.05, 3.63) is 47.3 Å². The van der Waals surface area contributed by atoms with Crippen LogP contribution < -0.4 is 0 Å². The first-order valence-electron chi connectivity index (χ1n) is 14.1. The summed E-state index contributed by atoms with van der Waals surface area (Å²) in [4.78, 5) is 9.23. The third kappa shape index (κ3) is 8.87. The van der Waals surface area contributed by atoms with Crippen molar-refractivity contribution in [1.82, 2.24) is 9.97 Å². The summed E-state index contributed by atoms with van der Waals surface area (Å²) >= 11 is 0. The molecular formula is C31H48N2. The molecule has 0 aliphatic heterocycles. The lowest BCUT2D eigenvalue weighted by Crippen LogP contribution is -2.15. The molecule has 2 heteroatoms. The maximum Gasteiger partial charge on any atom is 0.159 e. The Morgan fingerprint density at radius 1 is 0.697 bits per heavy atom. The Balaban J connectivity index is 1.36. The summed E-state index contributed by atoms with van der Waals surface area (Å²) in [6.45, 7) is 6.70. The van der Waals surface area contributed by atoms with Gasteiger partial charge in [0.1, 0.15) is 0 Å². The van der Waals surface area contributed by atoms with Crippen LogP contribution in [0.5, 0.6) is 0 Å². The molecule has 0 unspecified atom stereocenters. The third-order valence-corrected chi connectivity index (χ3v) is 7.80. The topological polar surface area (TPSA) is 25.8 Å². The number of aromatic nitrogens is 2. The number of hydrogen-bond acceptors (Lipinski definition) is 2. The van der Waals surface area contributed by atoms with Gasteiger partial charge < -0.3 is 0 Å². The van der Waals surface area contributed by atoms with Crippen LogP contribution in [0.3, 0.4) is 0 Å². The Morgan fingerprint density at radius 2 is 1.33 bits per heavy atom. The minimum absolute atomic E-state index is 0.859. The minimum Gasteiger partial charge on any atom is -0.236 e. The van der Waals surface area contributed by atoms with Crippen LogP contribution in [-0.4, -0.2) is 9.97 Å². The minimum atomic E-state index is 0.859. The molecule has 1 aliphatic rings. The van der Waals surface area contributed by atoms with E-state index in [2.05, 4.69) is 48.9 Å². The normalized spacial score (nSPS) is 18.5. The number of hydrogen-bond donors (Lipinski definition) is 0. The molecule has 1 heterocycles. The zero-order valence-corrected chi connectivity index (χ0v) is 21.7. The van der Waals surface area contributed by atoms with E-state index >= 15 is 0 Å². The monoisotopic (exact) mass is 448 g/mol. The van der Waals surface area contributed by atoms with Gasteiger partial charge in [0.05, 0.1) is 0 Å². The molecule has 0 saturated heterocycles. The molecule has 0 bridgehead atoms. The highest BCUT2D eigenvalue weighted by atomic mass is 14.9. The van der Waals surface area contributed by atoms with Gasteiger partial charge in [0.2, 0.25) is 0 Å². The summed E-state index contributed by atoms with van der Waals surface area (Å²) in [6, 6.07) is 6.90. The van der Waals surface area contributed by atoms with Crippen molar-refractivity contribution in [2.24, 2.45) is 11.8 Å². The molecule has 0 radical (unpaired) electrons. The highest BCUT2D eigenvalue weighted by Crippen LogP contribution is 2.34. The van der Waals surface area contributed by atoms with Crippen LogP contribution >= 0.6 is 0 Å². The SMILES string of the molecule is CCCCCCCCC[C@H]1CC[C@H](CCc2ccc(-c3ncc(CCC)cn3)c(C)c2)CC1. The van der Waals surface area contributed by atoms with Gasteiger partial charge in [-0.1, -0.05) is 116 Å². The van der Waals surface area contributed by atoms with Gasteiger partial charge in [0.25, 0.3) is 0 Å². The summed E-state index contributed by atoms with van der Waals surface area (Å²) in [6.07, 6.45) is 26.2. The van der Waals surface area contributed by atoms with Gasteiger partial charge in [0.15, 0.2) is 5.82 Å². The third-order valence-electron chi connectivity index (χ3n) is 7.80. The number of benzene rings is 1. The molecule has 0 atom stereocenters. The fourth-order valence-electron chi connectivity index (χ4n) is 5.61. The van der Waals surface area contributed by atoms with E-state index in [-0.39, 0.29) is 0 Å². The van der Waals surface area contributed by atoms with Gasteiger partial charge in [0, 0.05) is 18.0 Å². The van der Waals surface area contributed by atoms with Gasteiger partial charge >= 0.3 is 0 Å². The van der Waals surface area contributed by atoms with Gasteiger partial charge in [-0.3, -0.25) is 0 Å². The molecular weight excluding hydrogens is 400 g/mol. The molecule has 0 spiro atoms. The van der Waals surface area contributed by atoms with E-state index in [1.54, 1.807) is 0 Å². The van der Waals surface area contributed by atoms with Crippen molar-refractivity contribution in [3.8, 4) is 11.4 Å². The molecule has 1 aromatic carbocycles. The highest BCUT2D eigenvalue weighted by Gasteiger charge is 2.20. The fourth-order valence-corrected chi connectivity index (χ4v) is 5.61. The molecule has 2 aromatic rings. The predicted molar refractivity (Wildman–Crippen MR) is 143 cm³/mol. The average Bonchev–Trinajstić information content (AvgIpc) is 2.84. The Labute approximate surface area is 204 Å². The Morgan fingerprint density at radius 3 is 1.97 bits per heavy atom. The predicted octanol–water partition coefficient (Wildman–Crippen LogP) is 9.28. The lowest BCUT2D eigenvalue weighted by Gasteiger charge is -2.28. The second kappa shape index (κ2) is 14.5. The number of rotatable bonds is 14. The van der Waals surface area contributed by atoms with Gasteiger partial charge in [-0.25, -0.2) is 9.97 Å². The molecule has 182 valence electrons. The number of unbranched alkanes of at least 4 members (excludes halogenated alkanes) is 6.